The first-order valence-corrected chi connectivity index (χ1v) is 11.8. The smallest absolute Gasteiger partial charge is 0.274 e. The van der Waals surface area contributed by atoms with Gasteiger partial charge in [0.2, 0.25) is 5.91 Å². The number of aromatic nitrogens is 2. The predicted molar refractivity (Wildman–Crippen MR) is 126 cm³/mol. The van der Waals surface area contributed by atoms with E-state index in [9.17, 15) is 18.4 Å². The number of carbonyl (C=O) groups is 2. The number of imidazole rings is 1. The van der Waals surface area contributed by atoms with E-state index in [-0.39, 0.29) is 36.1 Å². The third-order valence-electron chi connectivity index (χ3n) is 6.70. The Hall–Kier alpha value is -3.79. The summed E-state index contributed by atoms with van der Waals surface area (Å²) < 4.78 is 40.0. The summed E-state index contributed by atoms with van der Waals surface area (Å²) in [7, 11) is 1.62. The molecule has 3 heterocycles. The first kappa shape index (κ1) is 23.9. The van der Waals surface area contributed by atoms with Gasteiger partial charge in [-0.1, -0.05) is 12.1 Å². The van der Waals surface area contributed by atoms with E-state index in [0.29, 0.717) is 38.2 Å². The molecule has 2 aliphatic rings. The van der Waals surface area contributed by atoms with Crippen molar-refractivity contribution in [3.8, 4) is 5.75 Å². The number of halogens is 2. The molecule has 1 N–H and O–H groups in total. The number of methoxy groups -OCH3 is 1. The van der Waals surface area contributed by atoms with Crippen LogP contribution < -0.4 is 10.1 Å². The van der Waals surface area contributed by atoms with Gasteiger partial charge in [0.1, 0.15) is 23.5 Å². The van der Waals surface area contributed by atoms with Gasteiger partial charge in [0, 0.05) is 30.8 Å². The number of amides is 2. The average Bonchev–Trinajstić information content (AvgIpc) is 3.31. The molecule has 8 nitrogen and oxygen atoms in total. The molecule has 36 heavy (non-hydrogen) atoms. The number of nitrogens with one attached hydrogen (secondary N) is 1. The molecule has 1 atom stereocenters. The summed E-state index contributed by atoms with van der Waals surface area (Å²) >= 11 is 0. The molecule has 2 aliphatic heterocycles. The summed E-state index contributed by atoms with van der Waals surface area (Å²) in [5.74, 6) is -1.60. The lowest BCUT2D eigenvalue weighted by atomic mass is 9.95. The van der Waals surface area contributed by atoms with Gasteiger partial charge in [-0.05, 0) is 42.7 Å². The van der Waals surface area contributed by atoms with Gasteiger partial charge in [0.15, 0.2) is 5.69 Å². The van der Waals surface area contributed by atoms with E-state index in [1.54, 1.807) is 18.3 Å². The van der Waals surface area contributed by atoms with Crippen LogP contribution in [0.2, 0.25) is 0 Å². The molecule has 1 aromatic heterocycles. The molecule has 0 saturated carbocycles. The van der Waals surface area contributed by atoms with Crippen LogP contribution in [0.1, 0.15) is 40.7 Å². The van der Waals surface area contributed by atoms with Gasteiger partial charge in [0.25, 0.3) is 5.91 Å². The number of hydrogen-bond acceptors (Lipinski definition) is 5. The highest BCUT2D eigenvalue weighted by atomic mass is 19.1. The van der Waals surface area contributed by atoms with Crippen molar-refractivity contribution < 1.29 is 27.8 Å². The maximum atomic E-state index is 13.4. The normalized spacial score (nSPS) is 18.0. The number of anilines is 1. The maximum Gasteiger partial charge on any atom is 0.274 e. The second-order valence-corrected chi connectivity index (χ2v) is 8.98. The maximum absolute atomic E-state index is 13.4. The zero-order valence-corrected chi connectivity index (χ0v) is 19.7. The Bertz CT molecular complexity index is 1250. The lowest BCUT2D eigenvalue weighted by molar-refractivity contribution is -0.121. The van der Waals surface area contributed by atoms with Gasteiger partial charge < -0.3 is 24.3 Å². The van der Waals surface area contributed by atoms with E-state index in [1.807, 2.05) is 28.8 Å². The number of fused-ring (bicyclic) bond motifs is 1. The molecule has 0 radical (unpaired) electrons. The van der Waals surface area contributed by atoms with Crippen molar-refractivity contribution in [1.29, 1.82) is 0 Å². The van der Waals surface area contributed by atoms with Crippen LogP contribution in [-0.2, 0) is 22.7 Å². The number of benzene rings is 2. The SMILES string of the molecule is COc1ccc([C@@H]2Cn3cnc(C(=O)N4CCC(C(=O)Nc5cc(F)cc(F)c5)CC4)c3CO2)cc1. The Morgan fingerprint density at radius 1 is 1.08 bits per heavy atom. The molecule has 0 unspecified atom stereocenters. The van der Waals surface area contributed by atoms with Crippen LogP contribution >= 0.6 is 0 Å². The Morgan fingerprint density at radius 3 is 2.44 bits per heavy atom. The fraction of sp³-hybridized carbons (Fsp3) is 0.346. The van der Waals surface area contributed by atoms with Crippen molar-refractivity contribution in [2.24, 2.45) is 5.92 Å². The van der Waals surface area contributed by atoms with Crippen LogP contribution in [0.15, 0.2) is 48.8 Å². The minimum Gasteiger partial charge on any atom is -0.497 e. The van der Waals surface area contributed by atoms with Crippen LogP contribution in [-0.4, -0.2) is 46.5 Å². The van der Waals surface area contributed by atoms with Crippen LogP contribution in [0, 0.1) is 17.6 Å². The Morgan fingerprint density at radius 2 is 1.78 bits per heavy atom. The van der Waals surface area contributed by atoms with Crippen molar-refractivity contribution in [3.05, 3.63) is 77.4 Å². The molecule has 0 spiro atoms. The van der Waals surface area contributed by atoms with Gasteiger partial charge in [0.05, 0.1) is 32.3 Å². The summed E-state index contributed by atoms with van der Waals surface area (Å²) in [6.45, 7) is 1.58. The van der Waals surface area contributed by atoms with Crippen molar-refractivity contribution in [2.45, 2.75) is 32.1 Å². The lowest BCUT2D eigenvalue weighted by Crippen LogP contribution is -2.42. The number of likely N-dealkylation sites (tertiary alicyclic amines) is 1. The predicted octanol–water partition coefficient (Wildman–Crippen LogP) is 3.93. The fourth-order valence-electron chi connectivity index (χ4n) is 4.69. The van der Waals surface area contributed by atoms with Crippen molar-refractivity contribution in [2.75, 3.05) is 25.5 Å². The Labute approximate surface area is 206 Å². The number of nitrogens with zero attached hydrogens (tertiary/aromatic N) is 3. The van der Waals surface area contributed by atoms with E-state index >= 15 is 0 Å². The van der Waals surface area contributed by atoms with E-state index < -0.39 is 11.6 Å². The highest BCUT2D eigenvalue weighted by molar-refractivity contribution is 5.95. The third kappa shape index (κ3) is 4.94. The minimum absolute atomic E-state index is 0.0774. The molecule has 10 heteroatoms. The highest BCUT2D eigenvalue weighted by Gasteiger charge is 2.32. The summed E-state index contributed by atoms with van der Waals surface area (Å²) in [5, 5.41) is 2.57. The molecule has 1 fully saturated rings. The quantitative estimate of drug-likeness (QED) is 0.579. The van der Waals surface area contributed by atoms with E-state index in [4.69, 9.17) is 9.47 Å². The van der Waals surface area contributed by atoms with Gasteiger partial charge in [-0.15, -0.1) is 0 Å². The summed E-state index contributed by atoms with van der Waals surface area (Å²) in [4.78, 5) is 31.8. The minimum atomic E-state index is -0.756. The van der Waals surface area contributed by atoms with E-state index in [2.05, 4.69) is 10.3 Å². The van der Waals surface area contributed by atoms with Crippen molar-refractivity contribution in [1.82, 2.24) is 14.5 Å². The first-order valence-electron chi connectivity index (χ1n) is 11.8. The largest absolute Gasteiger partial charge is 0.497 e. The molecular formula is C26H26F2N4O4. The number of piperidine rings is 1. The van der Waals surface area contributed by atoms with Crippen LogP contribution in [0.25, 0.3) is 0 Å². The van der Waals surface area contributed by atoms with Gasteiger partial charge in [-0.25, -0.2) is 13.8 Å². The molecule has 2 amide bonds. The van der Waals surface area contributed by atoms with Gasteiger partial charge in [-0.2, -0.15) is 0 Å². The monoisotopic (exact) mass is 496 g/mol. The number of rotatable bonds is 5. The molecule has 2 aromatic carbocycles. The number of ether oxygens (including phenoxy) is 2. The van der Waals surface area contributed by atoms with Crippen LogP contribution in [0.3, 0.4) is 0 Å². The topological polar surface area (TPSA) is 85.7 Å². The molecule has 5 rings (SSSR count). The van der Waals surface area contributed by atoms with Crippen molar-refractivity contribution >= 4 is 17.5 Å². The number of hydrogen-bond donors (Lipinski definition) is 1. The zero-order chi connectivity index (χ0) is 25.2. The molecular weight excluding hydrogens is 470 g/mol. The molecule has 1 saturated heterocycles. The van der Waals surface area contributed by atoms with Gasteiger partial charge >= 0.3 is 0 Å². The Kier molecular flexibility index (Phi) is 6.69. The first-order chi connectivity index (χ1) is 17.4. The molecule has 188 valence electrons. The van der Waals surface area contributed by atoms with E-state index in [1.165, 1.54) is 0 Å². The molecule has 3 aromatic rings. The number of carbonyl (C=O) groups excluding carboxylic acids is 2. The highest BCUT2D eigenvalue weighted by Crippen LogP contribution is 2.30. The van der Waals surface area contributed by atoms with Gasteiger partial charge in [-0.3, -0.25) is 9.59 Å². The average molecular weight is 497 g/mol. The standard InChI is InChI=1S/C26H26F2N4O4/c1-35-21-4-2-16(3-5-21)23-13-32-15-29-24(22(32)14-36-23)26(34)31-8-6-17(7-9-31)25(33)30-20-11-18(27)10-19(28)12-20/h2-5,10-12,15,17,23H,6-9,13-14H2,1H3,(H,30,33)/t23-/m0/s1. The lowest BCUT2D eigenvalue weighted by Gasteiger charge is -2.31. The second-order valence-electron chi connectivity index (χ2n) is 8.98. The molecule has 0 aliphatic carbocycles. The van der Waals surface area contributed by atoms with Crippen LogP contribution in [0.4, 0.5) is 14.5 Å². The second kappa shape index (κ2) is 10.1. The van der Waals surface area contributed by atoms with E-state index in [0.717, 1.165) is 35.2 Å². The summed E-state index contributed by atoms with van der Waals surface area (Å²) in [6, 6.07) is 10.6. The molecule has 0 bridgehead atoms. The summed E-state index contributed by atoms with van der Waals surface area (Å²) in [5.41, 5.74) is 2.19. The third-order valence-corrected chi connectivity index (χ3v) is 6.70. The summed E-state index contributed by atoms with van der Waals surface area (Å²) in [6.07, 6.45) is 2.41. The fourth-order valence-corrected chi connectivity index (χ4v) is 4.69. The van der Waals surface area contributed by atoms with Crippen LogP contribution in [0.5, 0.6) is 5.75 Å². The zero-order valence-electron chi connectivity index (χ0n) is 19.7. The Balaban J connectivity index is 1.18. The van der Waals surface area contributed by atoms with Crippen molar-refractivity contribution in [3.63, 3.8) is 0 Å².